The van der Waals surface area contributed by atoms with E-state index >= 15 is 0 Å². The molecule has 156 valence electrons. The summed E-state index contributed by atoms with van der Waals surface area (Å²) in [6.45, 7) is 13.6. The summed E-state index contributed by atoms with van der Waals surface area (Å²) in [4.78, 5) is 22.4. The fourth-order valence-electron chi connectivity index (χ4n) is 2.19. The number of aryl methyl sites for hydroxylation is 2. The van der Waals surface area contributed by atoms with Crippen molar-refractivity contribution in [1.29, 1.82) is 0 Å². The van der Waals surface area contributed by atoms with Crippen molar-refractivity contribution in [1.82, 2.24) is 20.5 Å². The lowest BCUT2D eigenvalue weighted by Crippen LogP contribution is -2.44. The first-order chi connectivity index (χ1) is 12.2. The average Bonchev–Trinajstić information content (AvgIpc) is 2.86. The number of carbonyl (C=O) groups is 1. The van der Waals surface area contributed by atoms with Crippen molar-refractivity contribution in [3.8, 4) is 0 Å². The highest BCUT2D eigenvalue weighted by Gasteiger charge is 2.21. The Morgan fingerprint density at radius 2 is 1.93 bits per heavy atom. The number of carbonyl (C=O) groups excluding carboxylic acids is 1. The maximum absolute atomic E-state index is 12.2. The highest BCUT2D eigenvalue weighted by Crippen LogP contribution is 2.10. The van der Waals surface area contributed by atoms with Gasteiger partial charge in [-0.3, -0.25) is 4.99 Å². The largest absolute Gasteiger partial charge is 0.444 e. The monoisotopic (exact) mass is 495 g/mol. The van der Waals surface area contributed by atoms with Crippen molar-refractivity contribution < 1.29 is 13.9 Å². The molecule has 0 bridgehead atoms. The number of nitrogens with zero attached hydrogens (tertiary/aromatic N) is 3. The highest BCUT2D eigenvalue weighted by molar-refractivity contribution is 14.0. The SMILES string of the molecule is CCCN(CCNC(=NC)NCc1nc(C)c(C)o1)C(=O)OC(C)(C)C.I. The van der Waals surface area contributed by atoms with Crippen LogP contribution in [0.1, 0.15) is 51.5 Å². The summed E-state index contributed by atoms with van der Waals surface area (Å²) in [6, 6.07) is 0. The van der Waals surface area contributed by atoms with E-state index in [1.54, 1.807) is 11.9 Å². The summed E-state index contributed by atoms with van der Waals surface area (Å²) in [5, 5.41) is 6.34. The lowest BCUT2D eigenvalue weighted by atomic mass is 10.2. The van der Waals surface area contributed by atoms with Crippen LogP contribution in [-0.2, 0) is 11.3 Å². The topological polar surface area (TPSA) is 92.0 Å². The van der Waals surface area contributed by atoms with Crippen LogP contribution in [0, 0.1) is 13.8 Å². The molecule has 1 heterocycles. The zero-order valence-corrected chi connectivity index (χ0v) is 19.8. The molecule has 1 amide bonds. The number of guanidine groups is 1. The second-order valence-corrected chi connectivity index (χ2v) is 7.07. The lowest BCUT2D eigenvalue weighted by Gasteiger charge is -2.27. The molecule has 0 aliphatic rings. The van der Waals surface area contributed by atoms with Gasteiger partial charge >= 0.3 is 6.09 Å². The molecule has 8 nitrogen and oxygen atoms in total. The zero-order chi connectivity index (χ0) is 19.7. The molecular formula is C18H34IN5O3. The van der Waals surface area contributed by atoms with Crippen LogP contribution < -0.4 is 10.6 Å². The quantitative estimate of drug-likeness (QED) is 0.343. The van der Waals surface area contributed by atoms with Crippen LogP contribution in [0.2, 0.25) is 0 Å². The van der Waals surface area contributed by atoms with Crippen molar-refractivity contribution in [3.63, 3.8) is 0 Å². The van der Waals surface area contributed by atoms with Gasteiger partial charge in [-0.25, -0.2) is 9.78 Å². The third-order valence-corrected chi connectivity index (χ3v) is 3.52. The van der Waals surface area contributed by atoms with Gasteiger partial charge in [-0.1, -0.05) is 6.92 Å². The fourth-order valence-corrected chi connectivity index (χ4v) is 2.19. The number of aliphatic imine (C=N–C) groups is 1. The number of nitrogens with one attached hydrogen (secondary N) is 2. The molecule has 1 aromatic rings. The van der Waals surface area contributed by atoms with E-state index in [9.17, 15) is 4.79 Å². The number of halogens is 1. The number of rotatable bonds is 7. The lowest BCUT2D eigenvalue weighted by molar-refractivity contribution is 0.0253. The first-order valence-electron chi connectivity index (χ1n) is 9.01. The summed E-state index contributed by atoms with van der Waals surface area (Å²) in [7, 11) is 1.69. The van der Waals surface area contributed by atoms with Crippen molar-refractivity contribution in [2.45, 2.75) is 60.1 Å². The minimum atomic E-state index is -0.500. The van der Waals surface area contributed by atoms with Crippen LogP contribution in [0.4, 0.5) is 4.79 Å². The molecule has 1 aromatic heterocycles. The van der Waals surface area contributed by atoms with E-state index in [2.05, 4.69) is 20.6 Å². The molecular weight excluding hydrogens is 461 g/mol. The van der Waals surface area contributed by atoms with Gasteiger partial charge in [-0.15, -0.1) is 24.0 Å². The van der Waals surface area contributed by atoms with Crippen LogP contribution in [0.15, 0.2) is 9.41 Å². The predicted molar refractivity (Wildman–Crippen MR) is 118 cm³/mol. The minimum Gasteiger partial charge on any atom is -0.444 e. The molecule has 0 saturated carbocycles. The summed E-state index contributed by atoms with van der Waals surface area (Å²) >= 11 is 0. The summed E-state index contributed by atoms with van der Waals surface area (Å²) < 4.78 is 11.0. The predicted octanol–water partition coefficient (Wildman–Crippen LogP) is 3.22. The Bertz CT molecular complexity index is 591. The van der Waals surface area contributed by atoms with Gasteiger partial charge in [0, 0.05) is 26.7 Å². The van der Waals surface area contributed by atoms with Crippen molar-refractivity contribution >= 4 is 36.0 Å². The second kappa shape index (κ2) is 12.0. The Balaban J connectivity index is 0.00000676. The molecule has 0 spiro atoms. The van der Waals surface area contributed by atoms with Gasteiger partial charge in [-0.05, 0) is 41.0 Å². The minimum absolute atomic E-state index is 0. The van der Waals surface area contributed by atoms with Gasteiger partial charge in [-0.2, -0.15) is 0 Å². The van der Waals surface area contributed by atoms with E-state index in [4.69, 9.17) is 9.15 Å². The molecule has 27 heavy (non-hydrogen) atoms. The first-order valence-corrected chi connectivity index (χ1v) is 9.01. The van der Waals surface area contributed by atoms with E-state index in [0.717, 1.165) is 17.9 Å². The number of aromatic nitrogens is 1. The third-order valence-electron chi connectivity index (χ3n) is 3.52. The van der Waals surface area contributed by atoms with Crippen LogP contribution in [0.25, 0.3) is 0 Å². The van der Waals surface area contributed by atoms with Gasteiger partial charge in [0.25, 0.3) is 0 Å². The van der Waals surface area contributed by atoms with Crippen molar-refractivity contribution in [2.24, 2.45) is 4.99 Å². The van der Waals surface area contributed by atoms with Gasteiger partial charge in [0.1, 0.15) is 11.4 Å². The van der Waals surface area contributed by atoms with E-state index in [0.29, 0.717) is 38.0 Å². The molecule has 0 aromatic carbocycles. The number of hydrogen-bond donors (Lipinski definition) is 2. The van der Waals surface area contributed by atoms with Crippen LogP contribution in [-0.4, -0.2) is 54.2 Å². The Hall–Kier alpha value is -1.52. The van der Waals surface area contributed by atoms with Gasteiger partial charge in [0.05, 0.1) is 12.2 Å². The standard InChI is InChI=1S/C18H33N5O3.HI/c1-8-10-23(17(24)26-18(4,5)6)11-9-20-16(19-7)21-12-15-22-13(2)14(3)25-15;/h8-12H2,1-7H3,(H2,19,20,21);1H. The van der Waals surface area contributed by atoms with Crippen molar-refractivity contribution in [2.75, 3.05) is 26.7 Å². The molecule has 0 fully saturated rings. The number of ether oxygens (including phenoxy) is 1. The molecule has 0 unspecified atom stereocenters. The average molecular weight is 495 g/mol. The van der Waals surface area contributed by atoms with Gasteiger partial charge in [0.2, 0.25) is 5.89 Å². The maximum atomic E-state index is 12.2. The number of oxazole rings is 1. The molecule has 9 heteroatoms. The van der Waals surface area contributed by atoms with Crippen molar-refractivity contribution in [3.05, 3.63) is 17.3 Å². The second-order valence-electron chi connectivity index (χ2n) is 7.07. The van der Waals surface area contributed by atoms with E-state index in [1.165, 1.54) is 0 Å². The van der Waals surface area contributed by atoms with E-state index in [-0.39, 0.29) is 30.1 Å². The molecule has 0 aliphatic carbocycles. The molecule has 1 rings (SSSR count). The third kappa shape index (κ3) is 9.83. The Morgan fingerprint density at radius 3 is 2.41 bits per heavy atom. The Kier molecular flexibility index (Phi) is 11.4. The van der Waals surface area contributed by atoms with Gasteiger partial charge in [0.15, 0.2) is 5.96 Å². The molecule has 0 saturated heterocycles. The highest BCUT2D eigenvalue weighted by atomic mass is 127. The van der Waals surface area contributed by atoms with Crippen LogP contribution in [0.5, 0.6) is 0 Å². The smallest absolute Gasteiger partial charge is 0.410 e. The van der Waals surface area contributed by atoms with E-state index < -0.39 is 5.60 Å². The fraction of sp³-hybridized carbons (Fsp3) is 0.722. The molecule has 0 atom stereocenters. The van der Waals surface area contributed by atoms with Crippen LogP contribution >= 0.6 is 24.0 Å². The normalized spacial score (nSPS) is 11.6. The maximum Gasteiger partial charge on any atom is 0.410 e. The molecule has 0 aliphatic heterocycles. The Labute approximate surface area is 179 Å². The number of hydrogen-bond acceptors (Lipinski definition) is 5. The summed E-state index contributed by atoms with van der Waals surface area (Å²) in [5.74, 6) is 2.06. The molecule has 0 radical (unpaired) electrons. The van der Waals surface area contributed by atoms with Gasteiger partial charge < -0.3 is 24.7 Å². The first kappa shape index (κ1) is 25.5. The van der Waals surface area contributed by atoms with E-state index in [1.807, 2.05) is 41.5 Å². The van der Waals surface area contributed by atoms with Crippen LogP contribution in [0.3, 0.4) is 0 Å². The number of amides is 1. The Morgan fingerprint density at radius 1 is 1.26 bits per heavy atom. The summed E-state index contributed by atoms with van der Waals surface area (Å²) in [6.07, 6.45) is 0.574. The summed E-state index contributed by atoms with van der Waals surface area (Å²) in [5.41, 5.74) is 0.387. The zero-order valence-electron chi connectivity index (χ0n) is 17.5. The molecule has 2 N–H and O–H groups in total.